The van der Waals surface area contributed by atoms with E-state index in [9.17, 15) is 38.3 Å². The van der Waals surface area contributed by atoms with Crippen LogP contribution < -0.4 is 39.6 Å². The number of aliphatic hydroxyl groups is 1. The number of hydrogen-bond donors (Lipinski definition) is 4. The van der Waals surface area contributed by atoms with Crippen LogP contribution in [0, 0.1) is 23.6 Å². The molecule has 6 atom stereocenters. The van der Waals surface area contributed by atoms with Gasteiger partial charge in [-0.25, -0.2) is 4.39 Å². The molecule has 0 aliphatic carbocycles. The first-order chi connectivity index (χ1) is 40.3. The summed E-state index contributed by atoms with van der Waals surface area (Å²) in [5.74, 6) is -0.918. The van der Waals surface area contributed by atoms with E-state index in [1.807, 2.05) is 38.4 Å². The highest BCUT2D eigenvalue weighted by Gasteiger charge is 2.40. The van der Waals surface area contributed by atoms with Crippen LogP contribution in [0.3, 0.4) is 0 Å². The molecule has 0 aromatic heterocycles. The molecule has 6 amide bonds. The third kappa shape index (κ3) is 13.3. The normalized spacial score (nSPS) is 19.4. The summed E-state index contributed by atoms with van der Waals surface area (Å²) >= 11 is 0. The molecule has 0 bridgehead atoms. The number of hydrogen-bond acceptors (Lipinski definition) is 15. The third-order valence-corrected chi connectivity index (χ3v) is 15.8. The number of ether oxygens (including phenoxy) is 5. The summed E-state index contributed by atoms with van der Waals surface area (Å²) in [6, 6.07) is 16.3. The molecule has 4 aromatic carbocycles. The van der Waals surface area contributed by atoms with Crippen molar-refractivity contribution in [2.45, 2.75) is 116 Å². The predicted molar refractivity (Wildman–Crippen MR) is 314 cm³/mol. The summed E-state index contributed by atoms with van der Waals surface area (Å²) in [4.78, 5) is 92.9. The predicted octanol–water partition coefficient (Wildman–Crippen LogP) is 8.67. The molecule has 4 aromatic rings. The summed E-state index contributed by atoms with van der Waals surface area (Å²) in [7, 11) is 4.44. The van der Waals surface area contributed by atoms with E-state index in [1.165, 1.54) is 32.3 Å². The van der Waals surface area contributed by atoms with E-state index in [0.717, 1.165) is 16.7 Å². The largest absolute Gasteiger partial charge is 0.494 e. The molecular formula is C63H73FN8O12. The number of carbonyl (C=O) groups excluding carboxylic acids is 6. The molecule has 444 valence electrons. The lowest BCUT2D eigenvalue weighted by Crippen LogP contribution is -2.53. The molecule has 5 aliphatic rings. The van der Waals surface area contributed by atoms with Crippen LogP contribution in [0.5, 0.6) is 28.7 Å². The highest BCUT2D eigenvalue weighted by Crippen LogP contribution is 2.45. The lowest BCUT2D eigenvalue weighted by molar-refractivity contribution is -0.140. The molecule has 0 saturated carbocycles. The van der Waals surface area contributed by atoms with Crippen molar-refractivity contribution >= 4 is 76.1 Å². The highest BCUT2D eigenvalue weighted by atomic mass is 19.1. The lowest BCUT2D eigenvalue weighted by atomic mass is 9.94. The van der Waals surface area contributed by atoms with Crippen LogP contribution >= 0.6 is 0 Å². The zero-order valence-corrected chi connectivity index (χ0v) is 48.6. The first kappa shape index (κ1) is 60.0. The first-order valence-electron chi connectivity index (χ1n) is 28.5. The maximum absolute atomic E-state index is 14.6. The lowest BCUT2D eigenvalue weighted by Gasteiger charge is -2.27. The second kappa shape index (κ2) is 26.3. The molecule has 4 N–H and O–H groups in total. The number of methoxy groups -OCH3 is 3. The Bertz CT molecular complexity index is 3300. The number of nitrogens with zero attached hydrogens (tertiary/aromatic N) is 5. The van der Waals surface area contributed by atoms with Crippen LogP contribution in [0.1, 0.15) is 119 Å². The van der Waals surface area contributed by atoms with E-state index in [2.05, 4.69) is 16.0 Å². The summed E-state index contributed by atoms with van der Waals surface area (Å²) in [6.45, 7) is 9.86. The van der Waals surface area contributed by atoms with E-state index < -0.39 is 35.9 Å². The zero-order chi connectivity index (χ0) is 59.9. The van der Waals surface area contributed by atoms with Gasteiger partial charge in [-0.15, -0.1) is 0 Å². The number of fused-ring (bicyclic) bond motifs is 4. The van der Waals surface area contributed by atoms with Gasteiger partial charge >= 0.3 is 0 Å². The van der Waals surface area contributed by atoms with E-state index >= 15 is 0 Å². The Morgan fingerprint density at radius 2 is 1.33 bits per heavy atom. The number of rotatable bonds is 24. The fourth-order valence-corrected chi connectivity index (χ4v) is 10.9. The quantitative estimate of drug-likeness (QED) is 0.0380. The maximum atomic E-state index is 14.6. The van der Waals surface area contributed by atoms with Crippen molar-refractivity contribution in [3.63, 3.8) is 0 Å². The Morgan fingerprint density at radius 1 is 0.690 bits per heavy atom. The molecule has 2 unspecified atom stereocenters. The Balaban J connectivity index is 0.731. The molecule has 5 aliphatic heterocycles. The van der Waals surface area contributed by atoms with Gasteiger partial charge in [0, 0.05) is 86.4 Å². The number of imide groups is 1. The number of carbonyl (C=O) groups is 6. The van der Waals surface area contributed by atoms with Gasteiger partial charge in [-0.05, 0) is 96.7 Å². The number of anilines is 1. The zero-order valence-electron chi connectivity index (χ0n) is 48.6. The molecule has 20 nitrogen and oxygen atoms in total. The van der Waals surface area contributed by atoms with Gasteiger partial charge in [-0.2, -0.15) is 0 Å². The second-order valence-corrected chi connectivity index (χ2v) is 22.3. The van der Waals surface area contributed by atoms with Crippen LogP contribution in [0.4, 0.5) is 21.5 Å². The summed E-state index contributed by atoms with van der Waals surface area (Å²) in [6.07, 6.45) is 9.71. The molecule has 9 rings (SSSR count). The van der Waals surface area contributed by atoms with Gasteiger partial charge in [0.05, 0.1) is 63.6 Å². The minimum atomic E-state index is -1.06. The highest BCUT2D eigenvalue weighted by molar-refractivity contribution is 6.06. The van der Waals surface area contributed by atoms with Crippen LogP contribution in [-0.4, -0.2) is 133 Å². The fraction of sp³-hybridized carbons (Fsp3) is 0.429. The van der Waals surface area contributed by atoms with Gasteiger partial charge < -0.3 is 54.5 Å². The van der Waals surface area contributed by atoms with E-state index in [4.69, 9.17) is 33.7 Å². The average Bonchev–Trinajstić information content (AvgIpc) is 2.35. The summed E-state index contributed by atoms with van der Waals surface area (Å²) < 4.78 is 43.3. The van der Waals surface area contributed by atoms with E-state index in [-0.39, 0.29) is 85.3 Å². The Kier molecular flexibility index (Phi) is 18.8. The second-order valence-electron chi connectivity index (χ2n) is 22.3. The number of nitrogens with one attached hydrogen (secondary N) is 3. The number of amides is 6. The SMILES string of the molecule is COc1ccc(C2=CN3C(O)c4cc(OC)c(OCCCOc5cc6c(cc5OC)C(=O)N5C=C(c7ccc(NC(=O)[C@H](C)NC(=O)[C@@H](NC(=O)CCCCCN8C(=O)CC(C(C)C)C8=O)C(C)C)cc7)C[C@H]5C=N6)cc4N=C[C@@H]3C2)cc1F. The van der Waals surface area contributed by atoms with Crippen molar-refractivity contribution in [3.05, 3.63) is 107 Å². The van der Waals surface area contributed by atoms with Crippen molar-refractivity contribution in [1.82, 2.24) is 25.3 Å². The van der Waals surface area contributed by atoms with Crippen molar-refractivity contribution in [3.8, 4) is 28.7 Å². The van der Waals surface area contributed by atoms with Gasteiger partial charge in [0.1, 0.15) is 12.1 Å². The van der Waals surface area contributed by atoms with Crippen molar-refractivity contribution in [2.24, 2.45) is 27.7 Å². The molecule has 84 heavy (non-hydrogen) atoms. The van der Waals surface area contributed by atoms with Crippen LogP contribution in [0.25, 0.3) is 11.1 Å². The Hall–Kier alpha value is -8.59. The molecular weight excluding hydrogens is 1080 g/mol. The van der Waals surface area contributed by atoms with Gasteiger partial charge in [-0.1, -0.05) is 52.3 Å². The monoisotopic (exact) mass is 1150 g/mol. The standard InChI is InChI=1S/C63H73FN8O12/c1-35(2)45-28-57(74)70(61(45)77)20-11-9-10-13-56(73)69-58(36(3)4)60(76)67-37(5)59(75)68-42-17-14-38(15-18-42)40-23-43-31-65-49-29-54(52(81-7)26-46(49)62(78)71(43)33-40)83-21-12-22-84-55-30-50-47(27-53(55)82-8)63(79)72-34-41(24-44(72)32-66-50)39-16-19-51(80-6)48(64)25-39/h14-19,25-27,29-37,43-45,58,63,79H,9-13,20-24,28H2,1-8H3,(H,67,76)(H,68,75)(H,69,73)/t37-,43-,44-,45?,58-,63?/m0/s1. The van der Waals surface area contributed by atoms with E-state index in [1.54, 1.807) is 91.5 Å². The van der Waals surface area contributed by atoms with Crippen molar-refractivity contribution in [1.29, 1.82) is 0 Å². The topological polar surface area (TPSA) is 239 Å². The number of likely N-dealkylation sites (tertiary alicyclic amines) is 1. The third-order valence-electron chi connectivity index (χ3n) is 15.8. The Labute approximate surface area is 488 Å². The van der Waals surface area contributed by atoms with Crippen molar-refractivity contribution in [2.75, 3.05) is 46.4 Å². The molecule has 21 heteroatoms. The summed E-state index contributed by atoms with van der Waals surface area (Å²) in [5, 5.41) is 20.0. The average molecular weight is 1150 g/mol. The minimum Gasteiger partial charge on any atom is -0.494 e. The molecule has 1 fully saturated rings. The van der Waals surface area contributed by atoms with Crippen molar-refractivity contribution < 1.29 is 61.9 Å². The number of aliphatic imine (C=N–C) groups is 2. The first-order valence-corrected chi connectivity index (χ1v) is 28.5. The molecule has 0 spiro atoms. The minimum absolute atomic E-state index is 0.0988. The van der Waals surface area contributed by atoms with Gasteiger partial charge in [-0.3, -0.25) is 43.7 Å². The molecule has 5 heterocycles. The van der Waals surface area contributed by atoms with Crippen LogP contribution in [0.15, 0.2) is 89.1 Å². The van der Waals surface area contributed by atoms with Crippen LogP contribution in [-0.2, 0) is 24.0 Å². The molecule has 1 saturated heterocycles. The fourth-order valence-electron chi connectivity index (χ4n) is 10.9. The Morgan fingerprint density at radius 3 is 2.00 bits per heavy atom. The number of unbranched alkanes of at least 4 members (excludes halogenated alkanes) is 2. The van der Waals surface area contributed by atoms with Gasteiger partial charge in [0.15, 0.2) is 40.8 Å². The van der Waals surface area contributed by atoms with Gasteiger partial charge in [0.2, 0.25) is 29.5 Å². The number of halogens is 1. The summed E-state index contributed by atoms with van der Waals surface area (Å²) in [5.41, 5.74) is 5.60. The number of aliphatic hydroxyl groups excluding tert-OH is 1. The molecule has 0 radical (unpaired) electrons. The van der Waals surface area contributed by atoms with Gasteiger partial charge in [0.25, 0.3) is 5.91 Å². The van der Waals surface area contributed by atoms with Crippen LogP contribution in [0.2, 0.25) is 0 Å². The van der Waals surface area contributed by atoms with E-state index in [0.29, 0.717) is 102 Å². The smallest absolute Gasteiger partial charge is 0.260 e. The number of benzene rings is 4. The maximum Gasteiger partial charge on any atom is 0.260 e.